The molecule has 0 aromatic carbocycles. The first-order chi connectivity index (χ1) is 15.7. The zero-order chi connectivity index (χ0) is 26.6. The molecule has 14 N–H and O–H groups in total. The van der Waals surface area contributed by atoms with Crippen molar-refractivity contribution in [2.24, 2.45) is 11.5 Å². The molecule has 0 aromatic rings. The number of hydrogen-bond donors (Lipinski definition) is 10. The van der Waals surface area contributed by atoms with E-state index in [2.05, 4.69) is 32.0 Å². The Bertz CT molecular complexity index is 768. The number of carbonyl (C=O) groups is 5. The first kappa shape index (κ1) is 30.5. The Morgan fingerprint density at radius 2 is 1.41 bits per heavy atom. The highest BCUT2D eigenvalue weighted by Gasteiger charge is 2.32. The highest BCUT2D eigenvalue weighted by atomic mass is 16.4. The minimum absolute atomic E-state index is 0.00170. The number of amides is 4. The van der Waals surface area contributed by atoms with Gasteiger partial charge >= 0.3 is 11.9 Å². The van der Waals surface area contributed by atoms with Crippen LogP contribution in [0.3, 0.4) is 0 Å². The minimum atomic E-state index is -1.46. The van der Waals surface area contributed by atoms with Crippen molar-refractivity contribution in [2.75, 3.05) is 6.54 Å². The zero-order valence-electron chi connectivity index (χ0n) is 19.9. The molecule has 4 amide bonds. The van der Waals surface area contributed by atoms with Crippen molar-refractivity contribution >= 4 is 35.6 Å². The summed E-state index contributed by atoms with van der Waals surface area (Å²) >= 11 is 0. The lowest BCUT2D eigenvalue weighted by Crippen LogP contribution is -2.78. The van der Waals surface area contributed by atoms with Gasteiger partial charge in [0.1, 0.15) is 24.2 Å². The maximum absolute atomic E-state index is 12.8. The largest absolute Gasteiger partial charge is 0.480 e. The number of carboxylic acids is 1. The van der Waals surface area contributed by atoms with Gasteiger partial charge in [0, 0.05) is 0 Å². The second-order valence-electron chi connectivity index (χ2n) is 8.01. The van der Waals surface area contributed by atoms with Gasteiger partial charge in [-0.1, -0.05) is 0 Å². The summed E-state index contributed by atoms with van der Waals surface area (Å²) in [7, 11) is 0. The molecule has 15 heteroatoms. The molecule has 0 saturated carbocycles. The number of nitrogens with one attached hydrogen (secondary N) is 5. The summed E-state index contributed by atoms with van der Waals surface area (Å²) in [4.78, 5) is 63.2. The fraction of sp³-hybridized carbons (Fsp3) is 0.684. The maximum atomic E-state index is 12.8. The third kappa shape index (κ3) is 11.4. The Hall–Kier alpha value is -3.46. The van der Waals surface area contributed by atoms with Crippen molar-refractivity contribution in [3.05, 3.63) is 0 Å². The van der Waals surface area contributed by atoms with Gasteiger partial charge in [-0.25, -0.2) is 0 Å². The molecular formula is C19H38N8O7+2. The third-order valence-electron chi connectivity index (χ3n) is 4.62. The Balaban J connectivity index is 5.31. The van der Waals surface area contributed by atoms with E-state index in [0.29, 0.717) is 13.0 Å². The van der Waals surface area contributed by atoms with Gasteiger partial charge in [-0.15, -0.1) is 0 Å². The summed E-state index contributed by atoms with van der Waals surface area (Å²) < 4.78 is 0. The van der Waals surface area contributed by atoms with Gasteiger partial charge in [-0.2, -0.15) is 0 Å². The van der Waals surface area contributed by atoms with E-state index < -0.39 is 65.9 Å². The summed E-state index contributed by atoms with van der Waals surface area (Å²) in [6.45, 7) is 5.69. The highest BCUT2D eigenvalue weighted by Crippen LogP contribution is 2.02. The summed E-state index contributed by atoms with van der Waals surface area (Å²) in [5, 5.41) is 28.3. The lowest BCUT2D eigenvalue weighted by atomic mass is 10.1. The molecule has 34 heavy (non-hydrogen) atoms. The van der Waals surface area contributed by atoms with Gasteiger partial charge in [0.15, 0.2) is 6.04 Å². The number of carbonyl (C=O) groups excluding carboxylic acids is 4. The molecule has 194 valence electrons. The number of aliphatic carboxylic acids is 1. The number of hydrogen-bond acceptors (Lipinski definition) is 6. The number of guanidine groups is 1. The number of quaternary nitrogens is 1. The predicted molar refractivity (Wildman–Crippen MR) is 119 cm³/mol. The quantitative estimate of drug-likeness (QED) is 0.0628. The number of aliphatic hydroxyl groups excluding tert-OH is 1. The molecule has 0 aliphatic carbocycles. The van der Waals surface area contributed by atoms with Crippen LogP contribution >= 0.6 is 0 Å². The summed E-state index contributed by atoms with van der Waals surface area (Å²) in [5.74, 6) is -4.13. The van der Waals surface area contributed by atoms with Crippen molar-refractivity contribution in [3.8, 4) is 0 Å². The van der Waals surface area contributed by atoms with E-state index in [1.807, 2.05) is 0 Å². The highest BCUT2D eigenvalue weighted by molar-refractivity contribution is 5.95. The van der Waals surface area contributed by atoms with E-state index in [9.17, 15) is 29.1 Å². The predicted octanol–water partition coefficient (Wildman–Crippen LogP) is -6.80. The Morgan fingerprint density at radius 3 is 1.88 bits per heavy atom. The van der Waals surface area contributed by atoms with Crippen LogP contribution in [0.5, 0.6) is 0 Å². The van der Waals surface area contributed by atoms with E-state index in [4.69, 9.17) is 16.6 Å². The minimum Gasteiger partial charge on any atom is -0.480 e. The van der Waals surface area contributed by atoms with Gasteiger partial charge in [-0.3, -0.25) is 40.4 Å². The second-order valence-corrected chi connectivity index (χ2v) is 8.01. The molecule has 6 atom stereocenters. The zero-order valence-corrected chi connectivity index (χ0v) is 19.9. The first-order valence-corrected chi connectivity index (χ1v) is 10.7. The molecule has 15 nitrogen and oxygen atoms in total. The molecule has 0 heterocycles. The van der Waals surface area contributed by atoms with Gasteiger partial charge in [0.05, 0.1) is 12.6 Å². The lowest BCUT2D eigenvalue weighted by Gasteiger charge is -2.26. The second kappa shape index (κ2) is 14.6. The van der Waals surface area contributed by atoms with Crippen LogP contribution in [0.4, 0.5) is 0 Å². The summed E-state index contributed by atoms with van der Waals surface area (Å²) in [6.07, 6.45) is -0.815. The van der Waals surface area contributed by atoms with Crippen LogP contribution in [0, 0.1) is 0 Å². The van der Waals surface area contributed by atoms with Crippen LogP contribution in [-0.2, 0) is 24.0 Å². The topological polar surface area (TPSA) is 268 Å². The van der Waals surface area contributed by atoms with E-state index >= 15 is 0 Å². The Kier molecular flexibility index (Phi) is 13.2. The molecule has 0 aliphatic heterocycles. The van der Waals surface area contributed by atoms with Crippen molar-refractivity contribution in [3.63, 3.8) is 0 Å². The fourth-order valence-electron chi connectivity index (χ4n) is 2.55. The molecule has 0 fully saturated rings. The van der Waals surface area contributed by atoms with Gasteiger partial charge < -0.3 is 37.2 Å². The third-order valence-corrected chi connectivity index (χ3v) is 4.62. The van der Waals surface area contributed by atoms with Gasteiger partial charge in [0.25, 0.3) is 5.91 Å². The lowest BCUT2D eigenvalue weighted by molar-refractivity contribution is -0.459. The smallest absolute Gasteiger partial charge is 0.338 e. The molecule has 0 bridgehead atoms. The molecular weight excluding hydrogens is 452 g/mol. The molecule has 0 spiro atoms. The van der Waals surface area contributed by atoms with Crippen LogP contribution in [0.15, 0.2) is 0 Å². The average Bonchev–Trinajstić information content (AvgIpc) is 2.72. The molecule has 0 unspecified atom stereocenters. The molecule has 0 rings (SSSR count). The van der Waals surface area contributed by atoms with Crippen molar-refractivity contribution in [1.29, 1.82) is 0 Å². The Morgan fingerprint density at radius 1 is 0.853 bits per heavy atom. The number of aliphatic hydroxyl groups is 1. The van der Waals surface area contributed by atoms with Crippen LogP contribution in [0.2, 0.25) is 0 Å². The van der Waals surface area contributed by atoms with Crippen molar-refractivity contribution in [1.82, 2.24) is 21.3 Å². The summed E-state index contributed by atoms with van der Waals surface area (Å²) in [5.41, 5.74) is 14.2. The van der Waals surface area contributed by atoms with Crippen LogP contribution in [-0.4, -0.2) is 88.6 Å². The monoisotopic (exact) mass is 490 g/mol. The number of rotatable bonds is 14. The van der Waals surface area contributed by atoms with Gasteiger partial charge in [-0.05, 0) is 40.5 Å². The van der Waals surface area contributed by atoms with E-state index in [1.54, 1.807) is 6.92 Å². The average molecular weight is 491 g/mol. The number of carboxylic acid groups (broad SMARTS) is 1. The normalized spacial score (nSPS) is 15.9. The summed E-state index contributed by atoms with van der Waals surface area (Å²) in [6, 6.07) is -5.49. The van der Waals surface area contributed by atoms with Crippen LogP contribution in [0.1, 0.15) is 40.5 Å². The van der Waals surface area contributed by atoms with E-state index in [0.717, 1.165) is 0 Å². The molecule has 0 radical (unpaired) electrons. The Labute approximate surface area is 197 Å². The molecule has 0 aromatic heterocycles. The molecule has 0 saturated heterocycles. The SMILES string of the molecule is C[C@H]([NH3+])C(=O)N[C@@H](CCC[NH+]=C(N)N)C(=O)N[C@H](C(=O)N[C@@H](C)C(=O)N[C@@H](C)C(=O)O)[C@@H](C)O. The fourth-order valence-corrected chi connectivity index (χ4v) is 2.55. The van der Waals surface area contributed by atoms with E-state index in [1.165, 1.54) is 20.8 Å². The number of nitrogens with two attached hydrogens (primary N) is 2. The first-order valence-electron chi connectivity index (χ1n) is 10.7. The van der Waals surface area contributed by atoms with E-state index in [-0.39, 0.29) is 12.4 Å². The van der Waals surface area contributed by atoms with Crippen LogP contribution < -0.4 is 43.5 Å². The van der Waals surface area contributed by atoms with Crippen LogP contribution in [0.25, 0.3) is 0 Å². The standard InChI is InChI=1S/C19H36N8O7/c1-8(20)14(29)26-12(6-5-7-23-19(21)22)16(31)27-13(11(4)28)17(32)24-9(2)15(30)25-10(3)18(33)34/h8-13,28H,5-7,20H2,1-4H3,(H,24,32)(H,25,30)(H,26,29)(H,27,31)(H,33,34)(H4,21,22,23)/p+2/t8-,9-,10-,11+,12-,13-/m0/s1. The van der Waals surface area contributed by atoms with Crippen molar-refractivity contribution in [2.45, 2.75) is 76.8 Å². The van der Waals surface area contributed by atoms with Gasteiger partial charge in [0.2, 0.25) is 17.7 Å². The molecule has 0 aliphatic rings. The van der Waals surface area contributed by atoms with Crippen molar-refractivity contribution < 1.29 is 44.9 Å². The maximum Gasteiger partial charge on any atom is 0.338 e.